The van der Waals surface area contributed by atoms with Crippen LogP contribution in [-0.4, -0.2) is 54.7 Å². The number of ether oxygens (including phenoxy) is 1. The molecule has 1 atom stereocenters. The highest BCUT2D eigenvalue weighted by molar-refractivity contribution is 5.97. The molecule has 2 N–H and O–H groups in total. The lowest BCUT2D eigenvalue weighted by molar-refractivity contribution is -0.140. The summed E-state index contributed by atoms with van der Waals surface area (Å²) in [7, 11) is 1.50. The number of carbonyl (C=O) groups excluding carboxylic acids is 1. The largest absolute Gasteiger partial charge is 0.496 e. The topological polar surface area (TPSA) is 78.9 Å². The Morgan fingerprint density at radius 1 is 1.42 bits per heavy atom. The van der Waals surface area contributed by atoms with Crippen LogP contribution in [0, 0.1) is 0 Å². The molecule has 1 aliphatic heterocycles. The van der Waals surface area contributed by atoms with Crippen LogP contribution in [0.1, 0.15) is 10.4 Å². The monoisotopic (exact) mass is 264 g/mol. The maximum Gasteiger partial charge on any atom is 0.322 e. The fraction of sp³-hybridized carbons (Fsp3) is 0.385. The molecule has 0 radical (unpaired) electrons. The van der Waals surface area contributed by atoms with E-state index in [4.69, 9.17) is 9.84 Å². The number of nitrogens with zero attached hydrogens (tertiary/aromatic N) is 1. The van der Waals surface area contributed by atoms with E-state index in [2.05, 4.69) is 5.32 Å². The van der Waals surface area contributed by atoms with Crippen molar-refractivity contribution in [2.75, 3.05) is 26.7 Å². The van der Waals surface area contributed by atoms with Gasteiger partial charge in [-0.25, -0.2) is 0 Å². The molecule has 6 heteroatoms. The van der Waals surface area contributed by atoms with Crippen molar-refractivity contribution < 1.29 is 19.4 Å². The smallest absolute Gasteiger partial charge is 0.322 e. The fourth-order valence-electron chi connectivity index (χ4n) is 2.09. The summed E-state index contributed by atoms with van der Waals surface area (Å²) in [5, 5.41) is 11.8. The zero-order valence-electron chi connectivity index (χ0n) is 10.6. The lowest BCUT2D eigenvalue weighted by Crippen LogP contribution is -2.55. The summed E-state index contributed by atoms with van der Waals surface area (Å²) in [6.07, 6.45) is 0. The van der Waals surface area contributed by atoms with Crippen molar-refractivity contribution in [2.24, 2.45) is 0 Å². The summed E-state index contributed by atoms with van der Waals surface area (Å²) in [5.74, 6) is -0.652. The molecule has 0 aliphatic carbocycles. The first-order valence-corrected chi connectivity index (χ1v) is 6.02. The van der Waals surface area contributed by atoms with Crippen LogP contribution in [0.5, 0.6) is 5.75 Å². The Labute approximate surface area is 111 Å². The number of para-hydroxylation sites is 1. The van der Waals surface area contributed by atoms with Gasteiger partial charge in [0.05, 0.1) is 12.7 Å². The SMILES string of the molecule is COc1ccccc1C(=O)N1CCNC(C(=O)O)C1. The van der Waals surface area contributed by atoms with Crippen LogP contribution in [0.2, 0.25) is 0 Å². The van der Waals surface area contributed by atoms with Gasteiger partial charge in [-0.3, -0.25) is 9.59 Å². The number of carbonyl (C=O) groups is 2. The number of methoxy groups -OCH3 is 1. The van der Waals surface area contributed by atoms with Crippen LogP contribution in [0.4, 0.5) is 0 Å². The van der Waals surface area contributed by atoms with Crippen molar-refractivity contribution in [1.29, 1.82) is 0 Å². The number of benzene rings is 1. The first kappa shape index (κ1) is 13.4. The average molecular weight is 264 g/mol. The Balaban J connectivity index is 2.17. The third kappa shape index (κ3) is 2.85. The number of piperazine rings is 1. The number of hydrogen-bond donors (Lipinski definition) is 2. The molecule has 1 aromatic rings. The Hall–Kier alpha value is -2.08. The lowest BCUT2D eigenvalue weighted by atomic mass is 10.1. The van der Waals surface area contributed by atoms with E-state index in [0.29, 0.717) is 24.4 Å². The number of carboxylic acids is 1. The zero-order valence-corrected chi connectivity index (χ0v) is 10.6. The number of amides is 1. The van der Waals surface area contributed by atoms with Gasteiger partial charge in [-0.1, -0.05) is 12.1 Å². The molecule has 1 heterocycles. The molecular formula is C13H16N2O4. The maximum absolute atomic E-state index is 12.4. The van der Waals surface area contributed by atoms with E-state index in [1.165, 1.54) is 12.0 Å². The van der Waals surface area contributed by atoms with Crippen LogP contribution in [0.25, 0.3) is 0 Å². The van der Waals surface area contributed by atoms with Gasteiger partial charge < -0.3 is 20.1 Å². The van der Waals surface area contributed by atoms with Gasteiger partial charge in [0, 0.05) is 19.6 Å². The minimum atomic E-state index is -0.947. The number of hydrogen-bond acceptors (Lipinski definition) is 4. The van der Waals surface area contributed by atoms with Crippen LogP contribution in [0.3, 0.4) is 0 Å². The zero-order chi connectivity index (χ0) is 13.8. The van der Waals surface area contributed by atoms with Gasteiger partial charge in [0.1, 0.15) is 11.8 Å². The van der Waals surface area contributed by atoms with Crippen LogP contribution >= 0.6 is 0 Å². The molecule has 1 amide bonds. The molecule has 19 heavy (non-hydrogen) atoms. The molecule has 1 fully saturated rings. The summed E-state index contributed by atoms with van der Waals surface area (Å²) >= 11 is 0. The van der Waals surface area contributed by atoms with Gasteiger partial charge >= 0.3 is 5.97 Å². The molecule has 0 saturated carbocycles. The molecule has 0 aromatic heterocycles. The molecule has 1 aliphatic rings. The van der Waals surface area contributed by atoms with E-state index >= 15 is 0 Å². The van der Waals surface area contributed by atoms with Gasteiger partial charge in [-0.05, 0) is 12.1 Å². The number of nitrogens with one attached hydrogen (secondary N) is 1. The van der Waals surface area contributed by atoms with Gasteiger partial charge in [-0.2, -0.15) is 0 Å². The van der Waals surface area contributed by atoms with E-state index < -0.39 is 12.0 Å². The van der Waals surface area contributed by atoms with Gasteiger partial charge in [0.2, 0.25) is 0 Å². The predicted molar refractivity (Wildman–Crippen MR) is 68.3 cm³/mol. The quantitative estimate of drug-likeness (QED) is 0.815. The number of rotatable bonds is 3. The second-order valence-corrected chi connectivity index (χ2v) is 4.30. The number of aliphatic carboxylic acids is 1. The maximum atomic E-state index is 12.4. The third-order valence-corrected chi connectivity index (χ3v) is 3.10. The Bertz CT molecular complexity index is 489. The highest BCUT2D eigenvalue weighted by Gasteiger charge is 2.29. The van der Waals surface area contributed by atoms with Crippen LogP contribution < -0.4 is 10.1 Å². The van der Waals surface area contributed by atoms with Crippen molar-refractivity contribution in [3.05, 3.63) is 29.8 Å². The second kappa shape index (κ2) is 5.71. The molecule has 102 valence electrons. The summed E-state index contributed by atoms with van der Waals surface area (Å²) < 4.78 is 5.15. The highest BCUT2D eigenvalue weighted by Crippen LogP contribution is 2.19. The lowest BCUT2D eigenvalue weighted by Gasteiger charge is -2.31. The third-order valence-electron chi connectivity index (χ3n) is 3.10. The minimum Gasteiger partial charge on any atom is -0.496 e. The first-order chi connectivity index (χ1) is 9.13. The van der Waals surface area contributed by atoms with Crippen molar-refractivity contribution >= 4 is 11.9 Å². The summed E-state index contributed by atoms with van der Waals surface area (Å²) in [4.78, 5) is 24.9. The normalized spacial score (nSPS) is 19.0. The van der Waals surface area contributed by atoms with E-state index in [1.54, 1.807) is 24.3 Å². The molecule has 1 unspecified atom stereocenters. The molecule has 2 rings (SSSR count). The Morgan fingerprint density at radius 2 is 2.16 bits per heavy atom. The van der Waals surface area contributed by atoms with E-state index in [1.807, 2.05) is 0 Å². The molecule has 1 saturated heterocycles. The predicted octanol–water partition coefficient (Wildman–Crippen LogP) is 0.194. The van der Waals surface area contributed by atoms with Crippen molar-refractivity contribution in [3.8, 4) is 5.75 Å². The average Bonchev–Trinajstić information content (AvgIpc) is 2.46. The first-order valence-electron chi connectivity index (χ1n) is 6.02. The van der Waals surface area contributed by atoms with Gasteiger partial charge in [-0.15, -0.1) is 0 Å². The van der Waals surface area contributed by atoms with Crippen molar-refractivity contribution in [3.63, 3.8) is 0 Å². The Morgan fingerprint density at radius 3 is 2.84 bits per heavy atom. The molecule has 0 bridgehead atoms. The molecule has 1 aromatic carbocycles. The molecular weight excluding hydrogens is 248 g/mol. The van der Waals surface area contributed by atoms with E-state index in [9.17, 15) is 9.59 Å². The summed E-state index contributed by atoms with van der Waals surface area (Å²) in [6.45, 7) is 1.12. The fourth-order valence-corrected chi connectivity index (χ4v) is 2.09. The van der Waals surface area contributed by atoms with E-state index in [0.717, 1.165) is 0 Å². The summed E-state index contributed by atoms with van der Waals surface area (Å²) in [6, 6.07) is 6.22. The molecule has 0 spiro atoms. The van der Waals surface area contributed by atoms with Gasteiger partial charge in [0.25, 0.3) is 5.91 Å². The van der Waals surface area contributed by atoms with E-state index in [-0.39, 0.29) is 12.5 Å². The standard InChI is InChI=1S/C13H16N2O4/c1-19-11-5-3-2-4-9(11)12(16)15-7-6-14-10(8-15)13(17)18/h2-5,10,14H,6-8H2,1H3,(H,17,18). The molecule has 6 nitrogen and oxygen atoms in total. The number of carboxylic acid groups (broad SMARTS) is 1. The summed E-state index contributed by atoms with van der Waals surface area (Å²) in [5.41, 5.74) is 0.455. The Kier molecular flexibility index (Phi) is 4.01. The van der Waals surface area contributed by atoms with Gasteiger partial charge in [0.15, 0.2) is 0 Å². The van der Waals surface area contributed by atoms with Crippen LogP contribution in [0.15, 0.2) is 24.3 Å². The van der Waals surface area contributed by atoms with Crippen LogP contribution in [-0.2, 0) is 4.79 Å². The van der Waals surface area contributed by atoms with Crippen molar-refractivity contribution in [2.45, 2.75) is 6.04 Å². The second-order valence-electron chi connectivity index (χ2n) is 4.30. The highest BCUT2D eigenvalue weighted by atomic mass is 16.5. The minimum absolute atomic E-state index is 0.159. The van der Waals surface area contributed by atoms with Crippen molar-refractivity contribution in [1.82, 2.24) is 10.2 Å².